The largest absolute Gasteiger partial charge is 0.388 e. The Morgan fingerprint density at radius 3 is 3.06 bits per heavy atom. The van der Waals surface area contributed by atoms with Gasteiger partial charge < -0.3 is 15.6 Å². The van der Waals surface area contributed by atoms with Crippen LogP contribution in [0.2, 0.25) is 5.28 Å². The van der Waals surface area contributed by atoms with Crippen molar-refractivity contribution in [1.29, 1.82) is 0 Å². The monoisotopic (exact) mass is 255 g/mol. The van der Waals surface area contributed by atoms with Crippen molar-refractivity contribution in [2.24, 2.45) is 0 Å². The van der Waals surface area contributed by atoms with Crippen molar-refractivity contribution in [2.75, 3.05) is 12.3 Å². The second-order valence-electron chi connectivity index (χ2n) is 3.82. The number of aromatic nitrogens is 4. The maximum atomic E-state index is 9.78. The van der Waals surface area contributed by atoms with Crippen LogP contribution in [0.4, 0.5) is 5.82 Å². The number of fused-ring (bicyclic) bond motifs is 1. The van der Waals surface area contributed by atoms with Crippen LogP contribution in [-0.2, 0) is 4.74 Å². The predicted molar refractivity (Wildman–Crippen MR) is 60.4 cm³/mol. The summed E-state index contributed by atoms with van der Waals surface area (Å²) in [5, 5.41) is 9.82. The number of anilines is 1. The van der Waals surface area contributed by atoms with Crippen LogP contribution < -0.4 is 5.73 Å². The van der Waals surface area contributed by atoms with Crippen molar-refractivity contribution in [2.45, 2.75) is 18.8 Å². The summed E-state index contributed by atoms with van der Waals surface area (Å²) >= 11 is 5.75. The molecule has 0 amide bonds. The van der Waals surface area contributed by atoms with E-state index >= 15 is 0 Å². The molecule has 0 aliphatic carbocycles. The summed E-state index contributed by atoms with van der Waals surface area (Å²) in [6.45, 7) is 0.500. The predicted octanol–water partition coefficient (Wildman–Crippen LogP) is 0.342. The molecule has 0 spiro atoms. The van der Waals surface area contributed by atoms with Gasteiger partial charge in [0, 0.05) is 6.42 Å². The highest BCUT2D eigenvalue weighted by molar-refractivity contribution is 6.28. The molecule has 3 N–H and O–H groups in total. The van der Waals surface area contributed by atoms with E-state index < -0.39 is 12.3 Å². The third-order valence-corrected chi connectivity index (χ3v) is 2.90. The number of nitrogens with two attached hydrogens (primary N) is 1. The SMILES string of the molecule is Nc1nc(Cl)nc2c1ncn2C1OCCC1O. The normalized spacial score (nSPS) is 24.6. The first-order valence-electron chi connectivity index (χ1n) is 5.12. The summed E-state index contributed by atoms with van der Waals surface area (Å²) in [7, 11) is 0. The molecule has 90 valence electrons. The summed E-state index contributed by atoms with van der Waals surface area (Å²) in [6, 6.07) is 0. The molecule has 3 rings (SSSR count). The highest BCUT2D eigenvalue weighted by Crippen LogP contribution is 2.28. The van der Waals surface area contributed by atoms with Gasteiger partial charge in [0.25, 0.3) is 0 Å². The van der Waals surface area contributed by atoms with Crippen LogP contribution in [-0.4, -0.2) is 37.3 Å². The Balaban J connectivity index is 2.17. The number of nitrogen functional groups attached to an aromatic ring is 1. The number of imidazole rings is 1. The molecule has 0 radical (unpaired) electrons. The van der Waals surface area contributed by atoms with Gasteiger partial charge in [0.05, 0.1) is 12.9 Å². The third-order valence-electron chi connectivity index (χ3n) is 2.73. The summed E-state index contributed by atoms with van der Waals surface area (Å²) in [4.78, 5) is 12.0. The summed E-state index contributed by atoms with van der Waals surface area (Å²) < 4.78 is 7.05. The number of hydrogen-bond donors (Lipinski definition) is 2. The molecule has 2 aromatic rings. The topological polar surface area (TPSA) is 99.1 Å². The van der Waals surface area contributed by atoms with Crippen molar-refractivity contribution in [3.8, 4) is 0 Å². The average Bonchev–Trinajstić information content (AvgIpc) is 2.84. The van der Waals surface area contributed by atoms with Crippen molar-refractivity contribution in [3.05, 3.63) is 11.6 Å². The fourth-order valence-electron chi connectivity index (χ4n) is 1.93. The first-order chi connectivity index (χ1) is 8.16. The molecule has 2 aromatic heterocycles. The van der Waals surface area contributed by atoms with E-state index in [0.29, 0.717) is 24.2 Å². The Morgan fingerprint density at radius 1 is 1.53 bits per heavy atom. The van der Waals surface area contributed by atoms with E-state index in [9.17, 15) is 5.11 Å². The lowest BCUT2D eigenvalue weighted by molar-refractivity contribution is -0.00628. The molecular formula is C9H10ClN5O2. The zero-order chi connectivity index (χ0) is 12.0. The number of rotatable bonds is 1. The number of aliphatic hydroxyl groups excluding tert-OH is 1. The van der Waals surface area contributed by atoms with Gasteiger partial charge in [-0.1, -0.05) is 0 Å². The quantitative estimate of drug-likeness (QED) is 0.713. The molecule has 0 aromatic carbocycles. The Morgan fingerprint density at radius 2 is 2.35 bits per heavy atom. The summed E-state index contributed by atoms with van der Waals surface area (Å²) in [5.41, 5.74) is 6.61. The minimum Gasteiger partial charge on any atom is -0.388 e. The first kappa shape index (κ1) is 10.7. The fraction of sp³-hybridized carbons (Fsp3) is 0.444. The maximum absolute atomic E-state index is 9.78. The highest BCUT2D eigenvalue weighted by atomic mass is 35.5. The summed E-state index contributed by atoms with van der Waals surface area (Å²) in [5.74, 6) is 0.214. The van der Waals surface area contributed by atoms with E-state index in [2.05, 4.69) is 15.0 Å². The molecule has 0 saturated carbocycles. The van der Waals surface area contributed by atoms with Crippen LogP contribution in [0, 0.1) is 0 Å². The molecule has 1 aliphatic heterocycles. The van der Waals surface area contributed by atoms with Gasteiger partial charge >= 0.3 is 0 Å². The van der Waals surface area contributed by atoms with E-state index in [4.69, 9.17) is 22.1 Å². The number of halogens is 1. The minimum atomic E-state index is -0.581. The standard InChI is InChI=1S/C9H10ClN5O2/c10-9-13-6(11)5-7(14-9)15(3-12-5)8-4(16)1-2-17-8/h3-4,8,16H,1-2H2,(H2,11,13,14). The van der Waals surface area contributed by atoms with Gasteiger partial charge in [-0.2, -0.15) is 9.97 Å². The molecule has 1 aliphatic rings. The Labute approximate surface area is 101 Å². The van der Waals surface area contributed by atoms with Crippen molar-refractivity contribution >= 4 is 28.6 Å². The smallest absolute Gasteiger partial charge is 0.226 e. The van der Waals surface area contributed by atoms with E-state index in [-0.39, 0.29) is 11.1 Å². The van der Waals surface area contributed by atoms with E-state index in [0.717, 1.165) is 0 Å². The Bertz CT molecular complexity index is 572. The highest BCUT2D eigenvalue weighted by Gasteiger charge is 2.29. The number of ether oxygens (including phenoxy) is 1. The molecule has 0 bridgehead atoms. The number of hydrogen-bond acceptors (Lipinski definition) is 6. The van der Waals surface area contributed by atoms with Gasteiger partial charge in [-0.25, -0.2) is 4.98 Å². The van der Waals surface area contributed by atoms with Gasteiger partial charge in [0.1, 0.15) is 11.6 Å². The lowest BCUT2D eigenvalue weighted by Gasteiger charge is -2.15. The Kier molecular flexibility index (Phi) is 2.39. The fourth-order valence-corrected chi connectivity index (χ4v) is 2.10. The van der Waals surface area contributed by atoms with Gasteiger partial charge in [-0.3, -0.25) is 4.57 Å². The third kappa shape index (κ3) is 1.63. The van der Waals surface area contributed by atoms with E-state index in [1.54, 1.807) is 4.57 Å². The lowest BCUT2D eigenvalue weighted by atomic mass is 10.3. The molecule has 2 unspecified atom stereocenters. The first-order valence-corrected chi connectivity index (χ1v) is 5.50. The van der Waals surface area contributed by atoms with Crippen LogP contribution in [0.5, 0.6) is 0 Å². The van der Waals surface area contributed by atoms with Gasteiger partial charge in [-0.05, 0) is 11.6 Å². The van der Waals surface area contributed by atoms with Crippen LogP contribution in [0.15, 0.2) is 6.33 Å². The molecule has 17 heavy (non-hydrogen) atoms. The number of aliphatic hydroxyl groups is 1. The average molecular weight is 256 g/mol. The minimum absolute atomic E-state index is 0.0456. The van der Waals surface area contributed by atoms with Gasteiger partial charge in [-0.15, -0.1) is 0 Å². The van der Waals surface area contributed by atoms with Crippen LogP contribution in [0.1, 0.15) is 12.6 Å². The zero-order valence-electron chi connectivity index (χ0n) is 8.75. The van der Waals surface area contributed by atoms with Crippen LogP contribution in [0.25, 0.3) is 11.2 Å². The molecular weight excluding hydrogens is 246 g/mol. The second-order valence-corrected chi connectivity index (χ2v) is 4.16. The van der Waals surface area contributed by atoms with Crippen molar-refractivity contribution in [1.82, 2.24) is 19.5 Å². The van der Waals surface area contributed by atoms with Crippen molar-refractivity contribution in [3.63, 3.8) is 0 Å². The Hall–Kier alpha value is -1.44. The van der Waals surface area contributed by atoms with E-state index in [1.807, 2.05) is 0 Å². The zero-order valence-corrected chi connectivity index (χ0v) is 9.50. The van der Waals surface area contributed by atoms with Crippen molar-refractivity contribution < 1.29 is 9.84 Å². The molecule has 7 nitrogen and oxygen atoms in total. The number of nitrogens with zero attached hydrogens (tertiary/aromatic N) is 4. The summed E-state index contributed by atoms with van der Waals surface area (Å²) in [6.07, 6.45) is 1.02. The maximum Gasteiger partial charge on any atom is 0.226 e. The molecule has 3 heterocycles. The molecule has 8 heteroatoms. The molecule has 1 saturated heterocycles. The molecule has 2 atom stereocenters. The van der Waals surface area contributed by atoms with Crippen LogP contribution >= 0.6 is 11.6 Å². The lowest BCUT2D eigenvalue weighted by Crippen LogP contribution is -2.19. The van der Waals surface area contributed by atoms with Crippen LogP contribution in [0.3, 0.4) is 0 Å². The van der Waals surface area contributed by atoms with E-state index in [1.165, 1.54) is 6.33 Å². The van der Waals surface area contributed by atoms with Gasteiger partial charge in [0.2, 0.25) is 5.28 Å². The van der Waals surface area contributed by atoms with Gasteiger partial charge in [0.15, 0.2) is 17.7 Å². The second kappa shape index (κ2) is 3.80. The molecule has 1 fully saturated rings.